The van der Waals surface area contributed by atoms with Crippen molar-refractivity contribution in [2.24, 2.45) is 0 Å². The van der Waals surface area contributed by atoms with Crippen molar-refractivity contribution in [3.8, 4) is 0 Å². The highest BCUT2D eigenvalue weighted by atomic mass is 32.2. The van der Waals surface area contributed by atoms with Crippen LogP contribution in [0.4, 0.5) is 16.5 Å². The quantitative estimate of drug-likeness (QED) is 0.449. The average molecular weight is 352 g/mol. The topological polar surface area (TPSA) is 97.2 Å². The number of amides is 1. The van der Waals surface area contributed by atoms with Crippen LogP contribution >= 0.6 is 23.1 Å². The zero-order chi connectivity index (χ0) is 16.8. The van der Waals surface area contributed by atoms with Gasteiger partial charge in [0.05, 0.1) is 14.8 Å². The Labute approximate surface area is 141 Å². The van der Waals surface area contributed by atoms with E-state index in [9.17, 15) is 14.9 Å². The van der Waals surface area contributed by atoms with E-state index in [-0.39, 0.29) is 18.0 Å². The standard InChI is InChI=1S/C14H16N4O3S2/c1-9-13(22-2)23-14(16-9)17-12(19)7-8-15-10-5-3-4-6-11(10)18(20)21/h3-6,15H,7-8H2,1-2H3,(H,16,17,19). The van der Waals surface area contributed by atoms with Crippen LogP contribution in [0.2, 0.25) is 0 Å². The van der Waals surface area contributed by atoms with Gasteiger partial charge in [-0.2, -0.15) is 0 Å². The second kappa shape index (κ2) is 7.93. The second-order valence-electron chi connectivity index (χ2n) is 4.60. The van der Waals surface area contributed by atoms with E-state index < -0.39 is 4.92 Å². The molecule has 0 aliphatic carbocycles. The van der Waals surface area contributed by atoms with Gasteiger partial charge in [0, 0.05) is 19.0 Å². The molecule has 1 aromatic carbocycles. The molecule has 2 rings (SSSR count). The van der Waals surface area contributed by atoms with Gasteiger partial charge in [0.2, 0.25) is 5.91 Å². The first-order valence-electron chi connectivity index (χ1n) is 6.80. The van der Waals surface area contributed by atoms with Crippen molar-refractivity contribution in [2.75, 3.05) is 23.4 Å². The maximum atomic E-state index is 11.9. The average Bonchev–Trinajstić information content (AvgIpc) is 2.87. The lowest BCUT2D eigenvalue weighted by Crippen LogP contribution is -2.16. The van der Waals surface area contributed by atoms with Crippen LogP contribution in [0, 0.1) is 17.0 Å². The van der Waals surface area contributed by atoms with Gasteiger partial charge in [-0.05, 0) is 19.2 Å². The summed E-state index contributed by atoms with van der Waals surface area (Å²) in [6, 6.07) is 6.34. The van der Waals surface area contributed by atoms with Crippen molar-refractivity contribution in [1.82, 2.24) is 4.98 Å². The molecule has 0 atom stereocenters. The molecule has 2 N–H and O–H groups in total. The fourth-order valence-electron chi connectivity index (χ4n) is 1.90. The molecule has 2 aromatic rings. The Kier molecular flexibility index (Phi) is 5.94. The van der Waals surface area contributed by atoms with Crippen molar-refractivity contribution in [2.45, 2.75) is 17.6 Å². The second-order valence-corrected chi connectivity index (χ2v) is 6.67. The zero-order valence-corrected chi connectivity index (χ0v) is 14.3. The highest BCUT2D eigenvalue weighted by Gasteiger charge is 2.13. The number of thiazole rings is 1. The first kappa shape index (κ1) is 17.2. The molecule has 0 unspecified atom stereocenters. The van der Waals surface area contributed by atoms with Crippen LogP contribution in [0.25, 0.3) is 0 Å². The predicted molar refractivity (Wildman–Crippen MR) is 93.5 cm³/mol. The normalized spacial score (nSPS) is 10.3. The number of para-hydroxylation sites is 2. The number of benzene rings is 1. The summed E-state index contributed by atoms with van der Waals surface area (Å²) < 4.78 is 1.07. The number of hydrogen-bond donors (Lipinski definition) is 2. The summed E-state index contributed by atoms with van der Waals surface area (Å²) in [6.07, 6.45) is 2.15. The summed E-state index contributed by atoms with van der Waals surface area (Å²) in [6.45, 7) is 2.20. The monoisotopic (exact) mass is 352 g/mol. The third-order valence-electron chi connectivity index (χ3n) is 2.95. The Morgan fingerprint density at radius 3 is 2.83 bits per heavy atom. The Hall–Kier alpha value is -2.13. The number of nitro benzene ring substituents is 1. The number of nitrogens with one attached hydrogen (secondary N) is 2. The maximum Gasteiger partial charge on any atom is 0.292 e. The molecule has 23 heavy (non-hydrogen) atoms. The SMILES string of the molecule is CSc1sc(NC(=O)CCNc2ccccc2[N+](=O)[O-])nc1C. The molecule has 0 fully saturated rings. The van der Waals surface area contributed by atoms with Gasteiger partial charge in [-0.1, -0.05) is 23.5 Å². The van der Waals surface area contributed by atoms with E-state index in [1.54, 1.807) is 30.0 Å². The van der Waals surface area contributed by atoms with Crippen molar-refractivity contribution in [3.05, 3.63) is 40.1 Å². The first-order chi connectivity index (χ1) is 11.0. The molecule has 1 amide bonds. The zero-order valence-electron chi connectivity index (χ0n) is 12.7. The number of carbonyl (C=O) groups is 1. The lowest BCUT2D eigenvalue weighted by molar-refractivity contribution is -0.384. The summed E-state index contributed by atoms with van der Waals surface area (Å²) in [4.78, 5) is 26.6. The fraction of sp³-hybridized carbons (Fsp3) is 0.286. The van der Waals surface area contributed by atoms with Crippen molar-refractivity contribution in [1.29, 1.82) is 0 Å². The predicted octanol–water partition coefficient (Wildman–Crippen LogP) is 3.52. The number of anilines is 2. The molecular weight excluding hydrogens is 336 g/mol. The lowest BCUT2D eigenvalue weighted by atomic mass is 10.2. The van der Waals surface area contributed by atoms with Gasteiger partial charge in [0.1, 0.15) is 5.69 Å². The molecule has 0 bridgehead atoms. The van der Waals surface area contributed by atoms with E-state index in [0.717, 1.165) is 9.90 Å². The number of nitro groups is 1. The van der Waals surface area contributed by atoms with E-state index >= 15 is 0 Å². The van der Waals surface area contributed by atoms with Gasteiger partial charge in [0.25, 0.3) is 5.69 Å². The summed E-state index contributed by atoms with van der Waals surface area (Å²) in [5.74, 6) is -0.183. The largest absolute Gasteiger partial charge is 0.379 e. The minimum absolute atomic E-state index is 0.00642. The molecule has 7 nitrogen and oxygen atoms in total. The number of thioether (sulfide) groups is 1. The highest BCUT2D eigenvalue weighted by molar-refractivity contribution is 8.00. The van der Waals surface area contributed by atoms with E-state index in [1.165, 1.54) is 17.4 Å². The van der Waals surface area contributed by atoms with Crippen LogP contribution in [0.15, 0.2) is 28.5 Å². The third kappa shape index (κ3) is 4.67. The lowest BCUT2D eigenvalue weighted by Gasteiger charge is -2.06. The molecule has 0 aliphatic heterocycles. The molecule has 1 heterocycles. The number of rotatable bonds is 7. The van der Waals surface area contributed by atoms with E-state index in [0.29, 0.717) is 17.4 Å². The van der Waals surface area contributed by atoms with Crippen molar-refractivity contribution in [3.63, 3.8) is 0 Å². The highest BCUT2D eigenvalue weighted by Crippen LogP contribution is 2.30. The van der Waals surface area contributed by atoms with Crippen molar-refractivity contribution < 1.29 is 9.72 Å². The number of carbonyl (C=O) groups excluding carboxylic acids is 1. The van der Waals surface area contributed by atoms with Gasteiger partial charge in [-0.25, -0.2) is 4.98 Å². The maximum absolute atomic E-state index is 11.9. The summed E-state index contributed by atoms with van der Waals surface area (Å²) in [5.41, 5.74) is 1.30. The van der Waals surface area contributed by atoms with Crippen LogP contribution in [0.1, 0.15) is 12.1 Å². The molecular formula is C14H16N4O3S2. The molecule has 1 aromatic heterocycles. The molecule has 0 radical (unpaired) electrons. The van der Waals surface area contributed by atoms with Gasteiger partial charge in [-0.15, -0.1) is 11.8 Å². The van der Waals surface area contributed by atoms with Crippen LogP contribution in [-0.4, -0.2) is 28.6 Å². The number of hydrogen-bond acceptors (Lipinski definition) is 7. The number of nitrogens with zero attached hydrogens (tertiary/aromatic N) is 2. The van der Waals surface area contributed by atoms with E-state index in [1.807, 2.05) is 13.2 Å². The van der Waals surface area contributed by atoms with Gasteiger partial charge in [-0.3, -0.25) is 14.9 Å². The number of aryl methyl sites for hydroxylation is 1. The summed E-state index contributed by atoms with van der Waals surface area (Å²) in [5, 5.41) is 17.1. The Balaban J connectivity index is 1.86. The minimum Gasteiger partial charge on any atom is -0.379 e. The van der Waals surface area contributed by atoms with Crippen LogP contribution in [0.5, 0.6) is 0 Å². The molecule has 0 spiro atoms. The van der Waals surface area contributed by atoms with E-state index in [4.69, 9.17) is 0 Å². The Morgan fingerprint density at radius 2 is 2.17 bits per heavy atom. The molecule has 0 saturated carbocycles. The summed E-state index contributed by atoms with van der Waals surface area (Å²) >= 11 is 3.03. The molecule has 9 heteroatoms. The number of aromatic nitrogens is 1. The fourth-order valence-corrected chi connectivity index (χ4v) is 3.53. The van der Waals surface area contributed by atoms with E-state index in [2.05, 4.69) is 15.6 Å². The van der Waals surface area contributed by atoms with Crippen LogP contribution in [0.3, 0.4) is 0 Å². The van der Waals surface area contributed by atoms with Crippen LogP contribution in [-0.2, 0) is 4.79 Å². The Bertz CT molecular complexity index is 718. The van der Waals surface area contributed by atoms with Gasteiger partial charge < -0.3 is 10.6 Å². The van der Waals surface area contributed by atoms with Crippen molar-refractivity contribution >= 4 is 45.5 Å². The van der Waals surface area contributed by atoms with Crippen LogP contribution < -0.4 is 10.6 Å². The summed E-state index contributed by atoms with van der Waals surface area (Å²) in [7, 11) is 0. The van der Waals surface area contributed by atoms with Gasteiger partial charge in [0.15, 0.2) is 5.13 Å². The molecule has 0 saturated heterocycles. The smallest absolute Gasteiger partial charge is 0.292 e. The Morgan fingerprint density at radius 1 is 1.43 bits per heavy atom. The molecule has 0 aliphatic rings. The molecule has 122 valence electrons. The van der Waals surface area contributed by atoms with Gasteiger partial charge >= 0.3 is 0 Å². The first-order valence-corrected chi connectivity index (χ1v) is 8.84. The minimum atomic E-state index is -0.454. The third-order valence-corrected chi connectivity index (χ3v) is 5.24.